The Labute approximate surface area is 147 Å². The first-order valence-corrected chi connectivity index (χ1v) is 8.59. The molecule has 5 heteroatoms. The molecule has 1 heterocycles. The van der Waals surface area contributed by atoms with Gasteiger partial charge in [0, 0.05) is 5.56 Å². The smallest absolute Gasteiger partial charge is 0.142 e. The summed E-state index contributed by atoms with van der Waals surface area (Å²) in [6.07, 6.45) is 0. The van der Waals surface area contributed by atoms with Crippen molar-refractivity contribution >= 4 is 28.9 Å². The van der Waals surface area contributed by atoms with E-state index in [0.717, 1.165) is 44.0 Å². The van der Waals surface area contributed by atoms with E-state index >= 15 is 0 Å². The quantitative estimate of drug-likeness (QED) is 0.911. The molecule has 3 rings (SSSR count). The first-order chi connectivity index (χ1) is 11.2. The standard InChI is InChI=1S/C18H20Cl2N2O/c1-23-17-8-3-2-7-16(17)22-11-9-21(10-12-22)13-14-5-4-6-15(19)18(14)20/h2-8H,9-13H2,1H3/p+1. The lowest BCUT2D eigenvalue weighted by Crippen LogP contribution is -3.13. The molecule has 1 N–H and O–H groups in total. The van der Waals surface area contributed by atoms with Crippen LogP contribution in [0.3, 0.4) is 0 Å². The third-order valence-corrected chi connectivity index (χ3v) is 5.23. The molecule has 2 aromatic carbocycles. The second-order valence-corrected chi connectivity index (χ2v) is 6.58. The molecule has 0 amide bonds. The molecule has 23 heavy (non-hydrogen) atoms. The molecular weight excluding hydrogens is 331 g/mol. The number of para-hydroxylation sites is 2. The minimum atomic E-state index is 0.635. The lowest BCUT2D eigenvalue weighted by Gasteiger charge is -2.34. The molecule has 3 nitrogen and oxygen atoms in total. The van der Waals surface area contributed by atoms with Crippen LogP contribution in [0.2, 0.25) is 10.0 Å². The van der Waals surface area contributed by atoms with Crippen molar-refractivity contribution in [1.82, 2.24) is 0 Å². The maximum atomic E-state index is 6.30. The lowest BCUT2D eigenvalue weighted by atomic mass is 10.2. The number of hydrogen-bond donors (Lipinski definition) is 1. The predicted molar refractivity (Wildman–Crippen MR) is 96.1 cm³/mol. The highest BCUT2D eigenvalue weighted by Gasteiger charge is 2.23. The van der Waals surface area contributed by atoms with Crippen LogP contribution in [0.4, 0.5) is 5.69 Å². The summed E-state index contributed by atoms with van der Waals surface area (Å²) in [6.45, 7) is 5.07. The third-order valence-electron chi connectivity index (χ3n) is 4.37. The molecule has 0 saturated carbocycles. The average Bonchev–Trinajstić information content (AvgIpc) is 2.59. The number of benzene rings is 2. The number of methoxy groups -OCH3 is 1. The Kier molecular flexibility index (Phi) is 5.31. The summed E-state index contributed by atoms with van der Waals surface area (Å²) in [6, 6.07) is 14.1. The summed E-state index contributed by atoms with van der Waals surface area (Å²) < 4.78 is 5.47. The maximum Gasteiger partial charge on any atom is 0.142 e. The Hall–Kier alpha value is -1.42. The van der Waals surface area contributed by atoms with Gasteiger partial charge < -0.3 is 14.5 Å². The fourth-order valence-corrected chi connectivity index (χ4v) is 3.47. The van der Waals surface area contributed by atoms with E-state index < -0.39 is 0 Å². The minimum Gasteiger partial charge on any atom is -0.495 e. The zero-order valence-corrected chi connectivity index (χ0v) is 14.7. The van der Waals surface area contributed by atoms with Crippen LogP contribution >= 0.6 is 23.2 Å². The summed E-state index contributed by atoms with van der Waals surface area (Å²) >= 11 is 12.4. The SMILES string of the molecule is COc1ccccc1N1CC[NH+](Cc2cccc(Cl)c2Cl)CC1. The first-order valence-electron chi connectivity index (χ1n) is 7.83. The number of quaternary nitrogens is 1. The highest BCUT2D eigenvalue weighted by atomic mass is 35.5. The third kappa shape index (κ3) is 3.74. The highest BCUT2D eigenvalue weighted by molar-refractivity contribution is 6.42. The Morgan fingerprint density at radius 2 is 1.78 bits per heavy atom. The summed E-state index contributed by atoms with van der Waals surface area (Å²) in [5, 5.41) is 1.32. The van der Waals surface area contributed by atoms with Gasteiger partial charge in [0.15, 0.2) is 0 Å². The van der Waals surface area contributed by atoms with Gasteiger partial charge in [0.1, 0.15) is 12.3 Å². The molecule has 0 aromatic heterocycles. The van der Waals surface area contributed by atoms with Crippen molar-refractivity contribution in [3.63, 3.8) is 0 Å². The lowest BCUT2D eigenvalue weighted by molar-refractivity contribution is -0.914. The van der Waals surface area contributed by atoms with Crippen LogP contribution < -0.4 is 14.5 Å². The number of nitrogens with zero attached hydrogens (tertiary/aromatic N) is 1. The number of ether oxygens (including phenoxy) is 1. The van der Waals surface area contributed by atoms with Crippen LogP contribution in [0.15, 0.2) is 42.5 Å². The molecule has 0 radical (unpaired) electrons. The molecule has 122 valence electrons. The van der Waals surface area contributed by atoms with Gasteiger partial charge in [-0.1, -0.05) is 47.5 Å². The van der Waals surface area contributed by atoms with E-state index in [2.05, 4.69) is 23.1 Å². The molecule has 1 fully saturated rings. The fourth-order valence-electron chi connectivity index (χ4n) is 3.09. The van der Waals surface area contributed by atoms with Gasteiger partial charge in [-0.25, -0.2) is 0 Å². The van der Waals surface area contributed by atoms with E-state index in [4.69, 9.17) is 27.9 Å². The van der Waals surface area contributed by atoms with Gasteiger partial charge in [0.2, 0.25) is 0 Å². The van der Waals surface area contributed by atoms with Crippen LogP contribution in [0.5, 0.6) is 5.75 Å². The second-order valence-electron chi connectivity index (χ2n) is 5.80. The molecule has 0 aliphatic carbocycles. The number of halogens is 2. The molecule has 0 bridgehead atoms. The maximum absolute atomic E-state index is 6.30. The van der Waals surface area contributed by atoms with E-state index in [1.165, 1.54) is 10.6 Å². The first kappa shape index (κ1) is 16.4. The summed E-state index contributed by atoms with van der Waals surface area (Å²) in [4.78, 5) is 3.92. The van der Waals surface area contributed by atoms with Gasteiger partial charge >= 0.3 is 0 Å². The largest absolute Gasteiger partial charge is 0.495 e. The number of rotatable bonds is 4. The van der Waals surface area contributed by atoms with Gasteiger partial charge in [-0.15, -0.1) is 0 Å². The Morgan fingerprint density at radius 1 is 1.04 bits per heavy atom. The zero-order chi connectivity index (χ0) is 16.2. The summed E-state index contributed by atoms with van der Waals surface area (Å²) in [5.74, 6) is 0.939. The van der Waals surface area contributed by atoms with Crippen LogP contribution in [0.1, 0.15) is 5.56 Å². The molecular formula is C18H21Cl2N2O+. The van der Waals surface area contributed by atoms with Crippen molar-refractivity contribution in [3.8, 4) is 5.75 Å². The van der Waals surface area contributed by atoms with Crippen molar-refractivity contribution in [1.29, 1.82) is 0 Å². The molecule has 2 aromatic rings. The zero-order valence-electron chi connectivity index (χ0n) is 13.2. The molecule has 1 aliphatic heterocycles. The number of piperazine rings is 1. The summed E-state index contributed by atoms with van der Waals surface area (Å²) in [5.41, 5.74) is 2.30. The van der Waals surface area contributed by atoms with E-state index in [0.29, 0.717) is 10.0 Å². The Morgan fingerprint density at radius 3 is 2.52 bits per heavy atom. The summed E-state index contributed by atoms with van der Waals surface area (Å²) in [7, 11) is 1.72. The van der Waals surface area contributed by atoms with Gasteiger partial charge in [-0.05, 0) is 18.2 Å². The Bertz CT molecular complexity index is 670. The van der Waals surface area contributed by atoms with E-state index in [9.17, 15) is 0 Å². The normalized spacial score (nSPS) is 15.7. The van der Waals surface area contributed by atoms with Gasteiger partial charge in [0.05, 0.1) is 49.0 Å². The molecule has 0 atom stereocenters. The van der Waals surface area contributed by atoms with Gasteiger partial charge in [-0.2, -0.15) is 0 Å². The van der Waals surface area contributed by atoms with Crippen LogP contribution in [-0.2, 0) is 6.54 Å². The topological polar surface area (TPSA) is 16.9 Å². The van der Waals surface area contributed by atoms with Crippen molar-refractivity contribution in [3.05, 3.63) is 58.1 Å². The number of nitrogens with one attached hydrogen (secondary N) is 1. The molecule has 1 aliphatic rings. The molecule has 1 saturated heterocycles. The number of anilines is 1. The van der Waals surface area contributed by atoms with E-state index in [1.807, 2.05) is 24.3 Å². The van der Waals surface area contributed by atoms with Crippen LogP contribution in [0.25, 0.3) is 0 Å². The Balaban J connectivity index is 1.63. The van der Waals surface area contributed by atoms with Crippen molar-refractivity contribution in [2.45, 2.75) is 6.54 Å². The van der Waals surface area contributed by atoms with Crippen molar-refractivity contribution < 1.29 is 9.64 Å². The van der Waals surface area contributed by atoms with Crippen molar-refractivity contribution in [2.24, 2.45) is 0 Å². The minimum absolute atomic E-state index is 0.635. The monoisotopic (exact) mass is 351 g/mol. The second kappa shape index (κ2) is 7.43. The van der Waals surface area contributed by atoms with Crippen LogP contribution in [-0.4, -0.2) is 33.3 Å². The molecule has 0 unspecified atom stereocenters. The molecule has 0 spiro atoms. The van der Waals surface area contributed by atoms with E-state index in [1.54, 1.807) is 7.11 Å². The fraction of sp³-hybridized carbons (Fsp3) is 0.333. The predicted octanol–water partition coefficient (Wildman–Crippen LogP) is 2.91. The number of hydrogen-bond acceptors (Lipinski definition) is 2. The highest BCUT2D eigenvalue weighted by Crippen LogP contribution is 2.27. The van der Waals surface area contributed by atoms with Crippen molar-refractivity contribution in [2.75, 3.05) is 38.2 Å². The average molecular weight is 352 g/mol. The van der Waals surface area contributed by atoms with Crippen LogP contribution in [0, 0.1) is 0 Å². The van der Waals surface area contributed by atoms with E-state index in [-0.39, 0.29) is 0 Å². The van der Waals surface area contributed by atoms with Gasteiger partial charge in [-0.3, -0.25) is 0 Å². The van der Waals surface area contributed by atoms with Gasteiger partial charge in [0.25, 0.3) is 0 Å².